The summed E-state index contributed by atoms with van der Waals surface area (Å²) in [5, 5.41) is 18.1. The van der Waals surface area contributed by atoms with Gasteiger partial charge in [0.1, 0.15) is 6.10 Å². The maximum absolute atomic E-state index is 10.4. The molecule has 1 aliphatic heterocycles. The summed E-state index contributed by atoms with van der Waals surface area (Å²) in [7, 11) is 0. The maximum Gasteiger partial charge on any atom is 0.303 e. The number of aliphatic hydroxyl groups is 1. The van der Waals surface area contributed by atoms with Crippen molar-refractivity contribution in [1.82, 2.24) is 0 Å². The Labute approximate surface area is 145 Å². The van der Waals surface area contributed by atoms with Crippen molar-refractivity contribution in [3.63, 3.8) is 0 Å². The van der Waals surface area contributed by atoms with Crippen molar-refractivity contribution in [2.45, 2.75) is 70.2 Å². The highest BCUT2D eigenvalue weighted by atomic mass is 16.6. The second-order valence-electron chi connectivity index (χ2n) is 6.03. The summed E-state index contributed by atoms with van der Waals surface area (Å²) in [6, 6.07) is 0. The van der Waals surface area contributed by atoms with Gasteiger partial charge in [0.05, 0.1) is 12.2 Å². The SMILES string of the molecule is CCCCCC1OC1/C=C/C=C/C=C/C=C/C(O)CCCC(=O)O. The maximum atomic E-state index is 10.4. The van der Waals surface area contributed by atoms with Gasteiger partial charge in [0.2, 0.25) is 0 Å². The first-order valence-corrected chi connectivity index (χ1v) is 8.87. The molecule has 2 N–H and O–H groups in total. The molecule has 134 valence electrons. The molecule has 0 saturated carbocycles. The van der Waals surface area contributed by atoms with E-state index in [-0.39, 0.29) is 12.5 Å². The van der Waals surface area contributed by atoms with E-state index in [9.17, 15) is 9.90 Å². The van der Waals surface area contributed by atoms with Crippen LogP contribution in [0.2, 0.25) is 0 Å². The molecule has 1 fully saturated rings. The molecule has 0 aromatic heterocycles. The van der Waals surface area contributed by atoms with E-state index in [4.69, 9.17) is 9.84 Å². The Hall–Kier alpha value is -1.65. The van der Waals surface area contributed by atoms with Gasteiger partial charge in [-0.2, -0.15) is 0 Å². The lowest BCUT2D eigenvalue weighted by atomic mass is 10.1. The lowest BCUT2D eigenvalue weighted by Crippen LogP contribution is -2.03. The van der Waals surface area contributed by atoms with Crippen LogP contribution in [0.4, 0.5) is 0 Å². The van der Waals surface area contributed by atoms with Gasteiger partial charge < -0.3 is 14.9 Å². The molecule has 1 saturated heterocycles. The fourth-order valence-electron chi connectivity index (χ4n) is 2.33. The number of allylic oxidation sites excluding steroid dienone is 6. The zero-order valence-electron chi connectivity index (χ0n) is 14.5. The topological polar surface area (TPSA) is 70.1 Å². The number of epoxide rings is 1. The molecule has 3 atom stereocenters. The lowest BCUT2D eigenvalue weighted by Gasteiger charge is -2.02. The van der Waals surface area contributed by atoms with E-state index in [0.717, 1.165) is 6.42 Å². The number of carboxylic acid groups (broad SMARTS) is 1. The first kappa shape index (κ1) is 20.4. The van der Waals surface area contributed by atoms with Gasteiger partial charge in [-0.3, -0.25) is 4.79 Å². The van der Waals surface area contributed by atoms with Crippen LogP contribution in [0.5, 0.6) is 0 Å². The molecule has 1 aliphatic rings. The summed E-state index contributed by atoms with van der Waals surface area (Å²) in [6.07, 6.45) is 21.2. The van der Waals surface area contributed by atoms with Crippen LogP contribution in [0.15, 0.2) is 48.6 Å². The number of carbonyl (C=O) groups is 1. The van der Waals surface area contributed by atoms with Gasteiger partial charge in [0.15, 0.2) is 0 Å². The van der Waals surface area contributed by atoms with Gasteiger partial charge in [-0.1, -0.05) is 74.8 Å². The van der Waals surface area contributed by atoms with Crippen molar-refractivity contribution >= 4 is 5.97 Å². The molecule has 0 bridgehead atoms. The smallest absolute Gasteiger partial charge is 0.303 e. The Morgan fingerprint density at radius 1 is 1.08 bits per heavy atom. The number of hydrogen-bond donors (Lipinski definition) is 2. The van der Waals surface area contributed by atoms with E-state index in [1.807, 2.05) is 30.4 Å². The summed E-state index contributed by atoms with van der Waals surface area (Å²) in [5.41, 5.74) is 0. The minimum absolute atomic E-state index is 0.0972. The van der Waals surface area contributed by atoms with Crippen LogP contribution < -0.4 is 0 Å². The molecule has 4 nitrogen and oxygen atoms in total. The summed E-state index contributed by atoms with van der Waals surface area (Å²) in [5.74, 6) is -0.826. The van der Waals surface area contributed by atoms with Crippen molar-refractivity contribution in [3.8, 4) is 0 Å². The van der Waals surface area contributed by atoms with Crippen molar-refractivity contribution in [2.75, 3.05) is 0 Å². The van der Waals surface area contributed by atoms with Gasteiger partial charge in [-0.25, -0.2) is 0 Å². The van der Waals surface area contributed by atoms with Crippen LogP contribution in [0, 0.1) is 0 Å². The molecular formula is C20H30O4. The van der Waals surface area contributed by atoms with Gasteiger partial charge in [-0.05, 0) is 19.3 Å². The Morgan fingerprint density at radius 2 is 1.79 bits per heavy atom. The zero-order chi connectivity index (χ0) is 17.6. The van der Waals surface area contributed by atoms with Crippen LogP contribution in [0.25, 0.3) is 0 Å². The second kappa shape index (κ2) is 12.7. The van der Waals surface area contributed by atoms with Crippen LogP contribution >= 0.6 is 0 Å². The van der Waals surface area contributed by atoms with Crippen LogP contribution in [0.3, 0.4) is 0 Å². The molecule has 0 amide bonds. The van der Waals surface area contributed by atoms with Gasteiger partial charge >= 0.3 is 5.97 Å². The minimum Gasteiger partial charge on any atom is -0.481 e. The molecular weight excluding hydrogens is 304 g/mol. The standard InChI is InChI=1S/C20H30O4/c1-2-3-8-14-18-19(24-18)15-10-7-5-4-6-9-12-17(21)13-11-16-20(22)23/h4-7,9-10,12,15,17-19,21H,2-3,8,11,13-14,16H2,1H3,(H,22,23)/b6-4+,7-5+,12-9+,15-10+. The van der Waals surface area contributed by atoms with Crippen molar-refractivity contribution in [1.29, 1.82) is 0 Å². The van der Waals surface area contributed by atoms with Gasteiger partial charge in [-0.15, -0.1) is 0 Å². The van der Waals surface area contributed by atoms with Crippen molar-refractivity contribution in [3.05, 3.63) is 48.6 Å². The van der Waals surface area contributed by atoms with Crippen LogP contribution in [0.1, 0.15) is 51.9 Å². The molecule has 4 heteroatoms. The summed E-state index contributed by atoms with van der Waals surface area (Å²) < 4.78 is 5.57. The molecule has 3 unspecified atom stereocenters. The second-order valence-corrected chi connectivity index (χ2v) is 6.03. The predicted octanol–water partition coefficient (Wildman–Crippen LogP) is 4.17. The molecule has 0 aliphatic carbocycles. The average molecular weight is 334 g/mol. The summed E-state index contributed by atoms with van der Waals surface area (Å²) >= 11 is 0. The van der Waals surface area contributed by atoms with E-state index in [1.165, 1.54) is 19.3 Å². The minimum atomic E-state index is -0.826. The van der Waals surface area contributed by atoms with E-state index in [1.54, 1.807) is 12.2 Å². The summed E-state index contributed by atoms with van der Waals surface area (Å²) in [4.78, 5) is 10.4. The fourth-order valence-corrected chi connectivity index (χ4v) is 2.33. The highest BCUT2D eigenvalue weighted by molar-refractivity contribution is 5.66. The van der Waals surface area contributed by atoms with Crippen LogP contribution in [-0.4, -0.2) is 34.5 Å². The number of unbranched alkanes of at least 4 members (excludes halogenated alkanes) is 2. The molecule has 0 aromatic carbocycles. The molecule has 1 rings (SSSR count). The number of hydrogen-bond acceptors (Lipinski definition) is 3. The van der Waals surface area contributed by atoms with Gasteiger partial charge in [0, 0.05) is 6.42 Å². The Kier molecular flexibility index (Phi) is 10.8. The van der Waals surface area contributed by atoms with Gasteiger partial charge in [0.25, 0.3) is 0 Å². The summed E-state index contributed by atoms with van der Waals surface area (Å²) in [6.45, 7) is 2.21. The third kappa shape index (κ3) is 11.0. The van der Waals surface area contributed by atoms with E-state index < -0.39 is 12.1 Å². The molecule has 24 heavy (non-hydrogen) atoms. The van der Waals surface area contributed by atoms with Crippen molar-refractivity contribution < 1.29 is 19.7 Å². The fraction of sp³-hybridized carbons (Fsp3) is 0.550. The molecule has 0 radical (unpaired) electrons. The van der Waals surface area contributed by atoms with E-state index >= 15 is 0 Å². The van der Waals surface area contributed by atoms with E-state index in [0.29, 0.717) is 18.9 Å². The molecule has 0 aromatic rings. The average Bonchev–Trinajstić information content (AvgIpc) is 3.28. The zero-order valence-corrected chi connectivity index (χ0v) is 14.5. The number of rotatable bonds is 13. The number of ether oxygens (including phenoxy) is 1. The van der Waals surface area contributed by atoms with E-state index in [2.05, 4.69) is 13.0 Å². The Balaban J connectivity index is 2.07. The first-order valence-electron chi connectivity index (χ1n) is 8.87. The Bertz CT molecular complexity index is 462. The number of aliphatic hydroxyl groups excluding tert-OH is 1. The predicted molar refractivity (Wildman–Crippen MR) is 96.9 cm³/mol. The highest BCUT2D eigenvalue weighted by Gasteiger charge is 2.35. The lowest BCUT2D eigenvalue weighted by molar-refractivity contribution is -0.137. The normalized spacial score (nSPS) is 22.2. The molecule has 1 heterocycles. The van der Waals surface area contributed by atoms with Crippen molar-refractivity contribution in [2.24, 2.45) is 0 Å². The first-order chi connectivity index (χ1) is 11.6. The third-order valence-corrected chi connectivity index (χ3v) is 3.79. The number of aliphatic carboxylic acids is 1. The third-order valence-electron chi connectivity index (χ3n) is 3.79. The number of carboxylic acids is 1. The monoisotopic (exact) mass is 334 g/mol. The highest BCUT2D eigenvalue weighted by Crippen LogP contribution is 2.28. The van der Waals surface area contributed by atoms with Crippen LogP contribution in [-0.2, 0) is 9.53 Å². The molecule has 0 spiro atoms. The Morgan fingerprint density at radius 3 is 2.50 bits per heavy atom. The largest absolute Gasteiger partial charge is 0.481 e. The quantitative estimate of drug-likeness (QED) is 0.301.